The molecule has 20 heavy (non-hydrogen) atoms. The summed E-state index contributed by atoms with van der Waals surface area (Å²) in [6, 6.07) is 5.35. The second-order valence-corrected chi connectivity index (χ2v) is 5.50. The van der Waals surface area contributed by atoms with E-state index in [1.165, 1.54) is 7.05 Å². The van der Waals surface area contributed by atoms with Crippen LogP contribution in [-0.4, -0.2) is 35.4 Å². The zero-order valence-corrected chi connectivity index (χ0v) is 12.4. The maximum Gasteiger partial charge on any atom is 0.421 e. The largest absolute Gasteiger partial charge is 0.483 e. The number of imide groups is 1. The molecule has 6 heteroatoms. The lowest BCUT2D eigenvalue weighted by Crippen LogP contribution is -2.36. The molecule has 1 aromatic rings. The van der Waals surface area contributed by atoms with E-state index in [1.54, 1.807) is 12.1 Å². The minimum Gasteiger partial charge on any atom is -0.483 e. The van der Waals surface area contributed by atoms with Crippen molar-refractivity contribution in [3.8, 4) is 11.5 Å². The van der Waals surface area contributed by atoms with Crippen LogP contribution in [0.1, 0.15) is 19.4 Å². The van der Waals surface area contributed by atoms with Crippen molar-refractivity contribution in [3.63, 3.8) is 0 Å². The first-order valence-corrected chi connectivity index (χ1v) is 6.73. The molecule has 0 spiro atoms. The summed E-state index contributed by atoms with van der Waals surface area (Å²) < 4.78 is 11.0. The van der Waals surface area contributed by atoms with Gasteiger partial charge in [0.1, 0.15) is 11.5 Å². The van der Waals surface area contributed by atoms with Gasteiger partial charge >= 0.3 is 6.09 Å². The van der Waals surface area contributed by atoms with Crippen LogP contribution in [0, 0.1) is 0 Å². The van der Waals surface area contributed by atoms with Gasteiger partial charge in [0.05, 0.1) is 0 Å². The van der Waals surface area contributed by atoms with E-state index in [-0.39, 0.29) is 11.5 Å². The van der Waals surface area contributed by atoms with Gasteiger partial charge < -0.3 is 9.47 Å². The van der Waals surface area contributed by atoms with Gasteiger partial charge in [-0.15, -0.1) is 11.6 Å². The van der Waals surface area contributed by atoms with E-state index in [0.29, 0.717) is 11.5 Å². The maximum absolute atomic E-state index is 11.8. The average Bonchev–Trinajstić information content (AvgIpc) is 2.72. The zero-order chi connectivity index (χ0) is 14.9. The Kier molecular flexibility index (Phi) is 3.90. The molecule has 108 valence electrons. The van der Waals surface area contributed by atoms with Crippen LogP contribution < -0.4 is 9.47 Å². The lowest BCUT2D eigenvalue weighted by Gasteiger charge is -2.19. The van der Waals surface area contributed by atoms with E-state index in [0.717, 1.165) is 16.9 Å². The summed E-state index contributed by atoms with van der Waals surface area (Å²) in [5, 5.41) is 0. The predicted octanol–water partition coefficient (Wildman–Crippen LogP) is 2.60. The third kappa shape index (κ3) is 2.88. The lowest BCUT2D eigenvalue weighted by atomic mass is 10.0. The molecule has 0 bridgehead atoms. The summed E-state index contributed by atoms with van der Waals surface area (Å²) in [5.74, 6) is 0.0672. The molecule has 0 unspecified atom stereocenters. The third-order valence-corrected chi connectivity index (χ3v) is 3.24. The summed E-state index contributed by atoms with van der Waals surface area (Å²) in [4.78, 5) is 24.0. The Labute approximate surface area is 122 Å². The number of ether oxygens (including phenoxy) is 2. The predicted molar refractivity (Wildman–Crippen MR) is 74.4 cm³/mol. The molecule has 2 rings (SSSR count). The summed E-state index contributed by atoms with van der Waals surface area (Å²) in [6.45, 7) is 3.92. The molecule has 0 saturated carbocycles. The summed E-state index contributed by atoms with van der Waals surface area (Å²) in [5.41, 5.74) is 0.648. The van der Waals surface area contributed by atoms with Gasteiger partial charge in [0.15, 0.2) is 11.5 Å². The Morgan fingerprint density at radius 1 is 1.45 bits per heavy atom. The van der Waals surface area contributed by atoms with Crippen molar-refractivity contribution < 1.29 is 19.1 Å². The zero-order valence-electron chi connectivity index (χ0n) is 11.6. The van der Waals surface area contributed by atoms with Crippen LogP contribution in [0.15, 0.2) is 18.2 Å². The molecule has 1 aliphatic heterocycles. The minimum absolute atomic E-state index is 0.276. The van der Waals surface area contributed by atoms with Crippen LogP contribution in [0.3, 0.4) is 0 Å². The molecule has 0 aliphatic carbocycles. The molecule has 0 fully saturated rings. The SMILES string of the molecule is CN(C(=O)CCl)C(=O)Oc1cccc2c1OC(C)(C)C2. The van der Waals surface area contributed by atoms with Crippen molar-refractivity contribution in [1.82, 2.24) is 4.90 Å². The average molecular weight is 298 g/mol. The highest BCUT2D eigenvalue weighted by Crippen LogP contribution is 2.41. The van der Waals surface area contributed by atoms with Gasteiger partial charge in [0.2, 0.25) is 5.91 Å². The Bertz CT molecular complexity index is 556. The van der Waals surface area contributed by atoms with Crippen molar-refractivity contribution in [2.45, 2.75) is 25.9 Å². The first-order chi connectivity index (χ1) is 9.34. The molecule has 1 aromatic carbocycles. The fourth-order valence-corrected chi connectivity index (χ4v) is 2.20. The van der Waals surface area contributed by atoms with Gasteiger partial charge in [-0.2, -0.15) is 0 Å². The molecule has 0 atom stereocenters. The molecule has 2 amide bonds. The fraction of sp³-hybridized carbons (Fsp3) is 0.429. The number of carbonyl (C=O) groups is 2. The molecule has 0 saturated heterocycles. The van der Waals surface area contributed by atoms with E-state index in [9.17, 15) is 9.59 Å². The monoisotopic (exact) mass is 297 g/mol. The maximum atomic E-state index is 11.8. The molecular formula is C14H16ClNO4. The van der Waals surface area contributed by atoms with E-state index in [2.05, 4.69) is 0 Å². The number of nitrogens with zero attached hydrogens (tertiary/aromatic N) is 1. The number of rotatable bonds is 2. The molecule has 0 radical (unpaired) electrons. The van der Waals surface area contributed by atoms with E-state index < -0.39 is 12.0 Å². The van der Waals surface area contributed by atoms with Gasteiger partial charge in [-0.1, -0.05) is 12.1 Å². The Morgan fingerprint density at radius 2 is 2.15 bits per heavy atom. The second kappa shape index (κ2) is 5.32. The van der Waals surface area contributed by atoms with Crippen molar-refractivity contribution in [3.05, 3.63) is 23.8 Å². The van der Waals surface area contributed by atoms with Crippen molar-refractivity contribution >= 4 is 23.6 Å². The van der Waals surface area contributed by atoms with E-state index in [1.807, 2.05) is 19.9 Å². The quantitative estimate of drug-likeness (QED) is 0.787. The van der Waals surface area contributed by atoms with Crippen LogP contribution in [0.5, 0.6) is 11.5 Å². The number of hydrogen-bond donors (Lipinski definition) is 0. The number of carbonyl (C=O) groups excluding carboxylic acids is 2. The number of alkyl halides is 1. The third-order valence-electron chi connectivity index (χ3n) is 3.01. The molecule has 1 aliphatic rings. The van der Waals surface area contributed by atoms with Gasteiger partial charge in [-0.3, -0.25) is 4.79 Å². The lowest BCUT2D eigenvalue weighted by molar-refractivity contribution is -0.125. The Morgan fingerprint density at radius 3 is 2.80 bits per heavy atom. The molecule has 1 heterocycles. The Hall–Kier alpha value is -1.75. The van der Waals surface area contributed by atoms with Crippen LogP contribution >= 0.6 is 11.6 Å². The highest BCUT2D eigenvalue weighted by Gasteiger charge is 2.33. The number of amides is 2. The van der Waals surface area contributed by atoms with E-state index >= 15 is 0 Å². The van der Waals surface area contributed by atoms with Crippen LogP contribution in [-0.2, 0) is 11.2 Å². The number of benzene rings is 1. The second-order valence-electron chi connectivity index (χ2n) is 5.24. The van der Waals surface area contributed by atoms with Crippen LogP contribution in [0.4, 0.5) is 4.79 Å². The number of halogens is 1. The molecule has 0 N–H and O–H groups in total. The minimum atomic E-state index is -0.780. The van der Waals surface area contributed by atoms with E-state index in [4.69, 9.17) is 21.1 Å². The topological polar surface area (TPSA) is 55.8 Å². The summed E-state index contributed by atoms with van der Waals surface area (Å²) in [7, 11) is 1.32. The van der Waals surface area contributed by atoms with Gasteiger partial charge in [-0.05, 0) is 19.9 Å². The van der Waals surface area contributed by atoms with Crippen molar-refractivity contribution in [2.75, 3.05) is 12.9 Å². The van der Waals surface area contributed by atoms with Crippen LogP contribution in [0.25, 0.3) is 0 Å². The smallest absolute Gasteiger partial charge is 0.421 e. The summed E-state index contributed by atoms with van der Waals surface area (Å²) >= 11 is 5.40. The van der Waals surface area contributed by atoms with Crippen molar-refractivity contribution in [1.29, 1.82) is 0 Å². The standard InChI is InChI=1S/C14H16ClNO4/c1-14(2)7-9-5-4-6-10(12(9)20-14)19-13(18)16(3)11(17)8-15/h4-6H,7-8H2,1-3H3. The number of fused-ring (bicyclic) bond motifs is 1. The van der Waals surface area contributed by atoms with Gasteiger partial charge in [0, 0.05) is 19.0 Å². The fourth-order valence-electron chi connectivity index (χ4n) is 2.02. The highest BCUT2D eigenvalue weighted by molar-refractivity contribution is 6.28. The van der Waals surface area contributed by atoms with Crippen molar-refractivity contribution in [2.24, 2.45) is 0 Å². The molecule has 5 nitrogen and oxygen atoms in total. The highest BCUT2D eigenvalue weighted by atomic mass is 35.5. The van der Waals surface area contributed by atoms with Gasteiger partial charge in [-0.25, -0.2) is 9.69 Å². The Balaban J connectivity index is 2.19. The normalized spacial score (nSPS) is 15.2. The van der Waals surface area contributed by atoms with Gasteiger partial charge in [0.25, 0.3) is 0 Å². The molecular weight excluding hydrogens is 282 g/mol. The summed E-state index contributed by atoms with van der Waals surface area (Å²) in [6.07, 6.45) is -0.0400. The van der Waals surface area contributed by atoms with Crippen LogP contribution in [0.2, 0.25) is 0 Å². The number of para-hydroxylation sites is 1. The number of hydrogen-bond acceptors (Lipinski definition) is 4. The molecule has 0 aromatic heterocycles. The first kappa shape index (κ1) is 14.7. The first-order valence-electron chi connectivity index (χ1n) is 6.19.